The second-order valence-electron chi connectivity index (χ2n) is 4.53. The second-order valence-corrected chi connectivity index (χ2v) is 4.53. The van der Waals surface area contributed by atoms with Gasteiger partial charge in [0.05, 0.1) is 0 Å². The SMILES string of the molecule is Cc1nc(NC2CCCNC2)nc(C)c1C. The molecule has 4 nitrogen and oxygen atoms in total. The van der Waals surface area contributed by atoms with E-state index in [-0.39, 0.29) is 0 Å². The summed E-state index contributed by atoms with van der Waals surface area (Å²) in [5, 5.41) is 6.78. The third kappa shape index (κ3) is 2.50. The Balaban J connectivity index is 2.09. The highest BCUT2D eigenvalue weighted by molar-refractivity contribution is 5.34. The van der Waals surface area contributed by atoms with Crippen molar-refractivity contribution in [1.29, 1.82) is 0 Å². The molecular formula is C12H20N4. The Hall–Kier alpha value is -1.16. The number of aryl methyl sites for hydroxylation is 2. The van der Waals surface area contributed by atoms with Gasteiger partial charge in [-0.1, -0.05) is 0 Å². The van der Waals surface area contributed by atoms with Crippen LogP contribution in [0.3, 0.4) is 0 Å². The summed E-state index contributed by atoms with van der Waals surface area (Å²) in [6.45, 7) is 8.28. The molecule has 0 spiro atoms. The maximum absolute atomic E-state index is 4.48. The molecule has 0 saturated carbocycles. The molecule has 88 valence electrons. The minimum Gasteiger partial charge on any atom is -0.350 e. The average Bonchev–Trinajstić information content (AvgIpc) is 2.27. The van der Waals surface area contributed by atoms with E-state index >= 15 is 0 Å². The van der Waals surface area contributed by atoms with E-state index in [0.717, 1.165) is 30.4 Å². The molecule has 1 atom stereocenters. The van der Waals surface area contributed by atoms with Gasteiger partial charge in [0.2, 0.25) is 5.95 Å². The summed E-state index contributed by atoms with van der Waals surface area (Å²) >= 11 is 0. The van der Waals surface area contributed by atoms with Crippen LogP contribution in [0.2, 0.25) is 0 Å². The van der Waals surface area contributed by atoms with Gasteiger partial charge >= 0.3 is 0 Å². The van der Waals surface area contributed by atoms with Gasteiger partial charge in [-0.2, -0.15) is 0 Å². The lowest BCUT2D eigenvalue weighted by atomic mass is 10.1. The van der Waals surface area contributed by atoms with E-state index < -0.39 is 0 Å². The van der Waals surface area contributed by atoms with Crippen LogP contribution in [0.15, 0.2) is 0 Å². The number of rotatable bonds is 2. The molecule has 1 aromatic heterocycles. The molecule has 1 aromatic rings. The molecule has 0 bridgehead atoms. The number of nitrogens with zero attached hydrogens (tertiary/aromatic N) is 2. The van der Waals surface area contributed by atoms with Crippen LogP contribution < -0.4 is 10.6 Å². The van der Waals surface area contributed by atoms with Gasteiger partial charge in [0.15, 0.2) is 0 Å². The predicted octanol–water partition coefficient (Wildman–Crippen LogP) is 1.57. The Morgan fingerprint density at radius 3 is 2.44 bits per heavy atom. The zero-order valence-corrected chi connectivity index (χ0v) is 10.3. The summed E-state index contributed by atoms with van der Waals surface area (Å²) in [5.74, 6) is 0.773. The topological polar surface area (TPSA) is 49.8 Å². The van der Waals surface area contributed by atoms with Gasteiger partial charge in [-0.15, -0.1) is 0 Å². The summed E-state index contributed by atoms with van der Waals surface area (Å²) < 4.78 is 0. The molecule has 1 saturated heterocycles. The monoisotopic (exact) mass is 220 g/mol. The van der Waals surface area contributed by atoms with Gasteiger partial charge in [-0.05, 0) is 45.7 Å². The Morgan fingerprint density at radius 1 is 1.19 bits per heavy atom. The van der Waals surface area contributed by atoms with Crippen LogP contribution >= 0.6 is 0 Å². The summed E-state index contributed by atoms with van der Waals surface area (Å²) in [4.78, 5) is 8.96. The van der Waals surface area contributed by atoms with Crippen LogP contribution in [0, 0.1) is 20.8 Å². The van der Waals surface area contributed by atoms with E-state index in [1.807, 2.05) is 13.8 Å². The number of aromatic nitrogens is 2. The molecule has 4 heteroatoms. The van der Waals surface area contributed by atoms with Crippen molar-refractivity contribution in [1.82, 2.24) is 15.3 Å². The Labute approximate surface area is 96.9 Å². The van der Waals surface area contributed by atoms with Gasteiger partial charge in [0, 0.05) is 24.0 Å². The number of hydrogen-bond donors (Lipinski definition) is 2. The number of hydrogen-bond acceptors (Lipinski definition) is 4. The number of nitrogens with one attached hydrogen (secondary N) is 2. The fourth-order valence-corrected chi connectivity index (χ4v) is 1.99. The van der Waals surface area contributed by atoms with E-state index in [0.29, 0.717) is 6.04 Å². The zero-order valence-electron chi connectivity index (χ0n) is 10.3. The molecule has 1 aliphatic heterocycles. The smallest absolute Gasteiger partial charge is 0.223 e. The molecule has 2 N–H and O–H groups in total. The maximum atomic E-state index is 4.48. The van der Waals surface area contributed by atoms with Crippen molar-refractivity contribution in [2.24, 2.45) is 0 Å². The van der Waals surface area contributed by atoms with Crippen molar-refractivity contribution in [3.63, 3.8) is 0 Å². The van der Waals surface area contributed by atoms with Crippen molar-refractivity contribution in [3.8, 4) is 0 Å². The summed E-state index contributed by atoms with van der Waals surface area (Å²) in [7, 11) is 0. The van der Waals surface area contributed by atoms with Gasteiger partial charge in [-0.25, -0.2) is 9.97 Å². The molecule has 1 fully saturated rings. The highest BCUT2D eigenvalue weighted by Crippen LogP contribution is 2.13. The Morgan fingerprint density at radius 2 is 1.88 bits per heavy atom. The van der Waals surface area contributed by atoms with Crippen molar-refractivity contribution < 1.29 is 0 Å². The first kappa shape index (κ1) is 11.3. The molecule has 0 aliphatic carbocycles. The van der Waals surface area contributed by atoms with Crippen molar-refractivity contribution in [2.75, 3.05) is 18.4 Å². The second kappa shape index (κ2) is 4.78. The van der Waals surface area contributed by atoms with E-state index in [1.165, 1.54) is 18.4 Å². The fraction of sp³-hybridized carbons (Fsp3) is 0.667. The Kier molecular flexibility index (Phi) is 3.39. The third-order valence-corrected chi connectivity index (χ3v) is 3.26. The van der Waals surface area contributed by atoms with E-state index in [9.17, 15) is 0 Å². The highest BCUT2D eigenvalue weighted by atomic mass is 15.1. The van der Waals surface area contributed by atoms with Crippen LogP contribution in [0.4, 0.5) is 5.95 Å². The molecule has 0 radical (unpaired) electrons. The molecule has 16 heavy (non-hydrogen) atoms. The lowest BCUT2D eigenvalue weighted by Crippen LogP contribution is -2.38. The largest absolute Gasteiger partial charge is 0.350 e. The average molecular weight is 220 g/mol. The van der Waals surface area contributed by atoms with E-state index in [2.05, 4.69) is 27.5 Å². The molecule has 2 rings (SSSR count). The van der Waals surface area contributed by atoms with Crippen molar-refractivity contribution in [2.45, 2.75) is 39.7 Å². The van der Waals surface area contributed by atoms with Gasteiger partial charge in [0.25, 0.3) is 0 Å². The summed E-state index contributed by atoms with van der Waals surface area (Å²) in [5.41, 5.74) is 3.32. The minimum absolute atomic E-state index is 0.468. The molecule has 1 aliphatic rings. The van der Waals surface area contributed by atoms with Gasteiger partial charge in [-0.3, -0.25) is 0 Å². The van der Waals surface area contributed by atoms with Crippen LogP contribution in [-0.4, -0.2) is 29.1 Å². The molecule has 2 heterocycles. The van der Waals surface area contributed by atoms with Crippen LogP contribution in [0.5, 0.6) is 0 Å². The van der Waals surface area contributed by atoms with E-state index in [4.69, 9.17) is 0 Å². The Bertz CT molecular complexity index is 346. The number of anilines is 1. The lowest BCUT2D eigenvalue weighted by Gasteiger charge is -2.24. The highest BCUT2D eigenvalue weighted by Gasteiger charge is 2.14. The lowest BCUT2D eigenvalue weighted by molar-refractivity contribution is 0.477. The molecule has 0 aromatic carbocycles. The standard InChI is InChI=1S/C12H20N4/c1-8-9(2)14-12(15-10(8)3)16-11-5-4-6-13-7-11/h11,13H,4-7H2,1-3H3,(H,14,15,16). The van der Waals surface area contributed by atoms with Crippen molar-refractivity contribution >= 4 is 5.95 Å². The molecular weight excluding hydrogens is 200 g/mol. The van der Waals surface area contributed by atoms with Crippen LogP contribution in [0.25, 0.3) is 0 Å². The molecule has 0 amide bonds. The number of piperidine rings is 1. The minimum atomic E-state index is 0.468. The van der Waals surface area contributed by atoms with E-state index in [1.54, 1.807) is 0 Å². The van der Waals surface area contributed by atoms with Crippen LogP contribution in [0.1, 0.15) is 29.8 Å². The van der Waals surface area contributed by atoms with Crippen molar-refractivity contribution in [3.05, 3.63) is 17.0 Å². The van der Waals surface area contributed by atoms with Gasteiger partial charge < -0.3 is 10.6 Å². The quantitative estimate of drug-likeness (QED) is 0.794. The first-order valence-electron chi connectivity index (χ1n) is 5.96. The zero-order chi connectivity index (χ0) is 11.5. The first-order chi connectivity index (χ1) is 7.66. The maximum Gasteiger partial charge on any atom is 0.223 e. The normalized spacial score (nSPS) is 20.8. The summed E-state index contributed by atoms with van der Waals surface area (Å²) in [6, 6.07) is 0.468. The van der Waals surface area contributed by atoms with Crippen LogP contribution in [-0.2, 0) is 0 Å². The predicted molar refractivity (Wildman–Crippen MR) is 65.8 cm³/mol. The fourth-order valence-electron chi connectivity index (χ4n) is 1.99. The first-order valence-corrected chi connectivity index (χ1v) is 5.96. The molecule has 1 unspecified atom stereocenters. The van der Waals surface area contributed by atoms with Gasteiger partial charge in [0.1, 0.15) is 0 Å². The third-order valence-electron chi connectivity index (χ3n) is 3.26. The summed E-state index contributed by atoms with van der Waals surface area (Å²) in [6.07, 6.45) is 2.42.